The van der Waals surface area contributed by atoms with Crippen molar-refractivity contribution in [2.45, 2.75) is 46.1 Å². The summed E-state index contributed by atoms with van der Waals surface area (Å²) in [6.45, 7) is 9.26. The molecular weight excluding hydrogens is 318 g/mol. The van der Waals surface area contributed by atoms with Crippen LogP contribution in [0.3, 0.4) is 0 Å². The maximum atomic E-state index is 12.9. The number of aromatic nitrogens is 1. The number of esters is 1. The molecule has 1 aromatic rings. The molecule has 1 saturated heterocycles. The number of carbonyl (C=O) groups is 2. The van der Waals surface area contributed by atoms with Crippen LogP contribution in [0, 0.1) is 6.92 Å². The van der Waals surface area contributed by atoms with Crippen LogP contribution >= 0.6 is 0 Å². The Hall–Kier alpha value is -1.95. The van der Waals surface area contributed by atoms with Crippen LogP contribution in [0.5, 0.6) is 0 Å². The quantitative estimate of drug-likeness (QED) is 0.675. The molecule has 0 spiro atoms. The van der Waals surface area contributed by atoms with Gasteiger partial charge >= 0.3 is 5.97 Å². The van der Waals surface area contributed by atoms with Gasteiger partial charge in [-0.25, -0.2) is 0 Å². The van der Waals surface area contributed by atoms with Gasteiger partial charge in [0.15, 0.2) is 0 Å². The molecule has 0 radical (unpaired) electrons. The topological polar surface area (TPSA) is 62.7 Å². The Morgan fingerprint density at radius 2 is 2.16 bits per heavy atom. The zero-order valence-electron chi connectivity index (χ0n) is 15.5. The van der Waals surface area contributed by atoms with E-state index in [1.54, 1.807) is 24.1 Å². The second-order valence-corrected chi connectivity index (χ2v) is 6.42. The lowest BCUT2D eigenvalue weighted by molar-refractivity contribution is -0.143. The van der Waals surface area contributed by atoms with Crippen molar-refractivity contribution in [1.82, 2.24) is 14.8 Å². The number of aryl methyl sites for hydroxylation is 1. The zero-order chi connectivity index (χ0) is 18.2. The van der Waals surface area contributed by atoms with Crippen molar-refractivity contribution in [2.75, 3.05) is 32.8 Å². The number of nitrogens with zero attached hydrogens (tertiary/aromatic N) is 3. The van der Waals surface area contributed by atoms with Gasteiger partial charge in [-0.1, -0.05) is 6.92 Å². The van der Waals surface area contributed by atoms with Crippen molar-refractivity contribution < 1.29 is 14.3 Å². The molecule has 0 bridgehead atoms. The van der Waals surface area contributed by atoms with E-state index in [1.165, 1.54) is 0 Å². The first-order chi connectivity index (χ1) is 12.0. The van der Waals surface area contributed by atoms with E-state index >= 15 is 0 Å². The molecule has 0 saturated carbocycles. The largest absolute Gasteiger partial charge is 0.466 e. The lowest BCUT2D eigenvalue weighted by Gasteiger charge is -2.30. The molecule has 1 amide bonds. The SMILES string of the molecule is CCOC(=O)CCN(CC1CCCN1CC)C(=O)c1ccc(C)nc1. The fourth-order valence-corrected chi connectivity index (χ4v) is 3.28. The van der Waals surface area contributed by atoms with E-state index in [-0.39, 0.29) is 18.3 Å². The summed E-state index contributed by atoms with van der Waals surface area (Å²) >= 11 is 0. The number of ether oxygens (including phenoxy) is 1. The predicted molar refractivity (Wildman–Crippen MR) is 96.4 cm³/mol. The van der Waals surface area contributed by atoms with Crippen LogP contribution < -0.4 is 0 Å². The van der Waals surface area contributed by atoms with Crippen molar-refractivity contribution in [3.8, 4) is 0 Å². The molecule has 138 valence electrons. The van der Waals surface area contributed by atoms with Crippen molar-refractivity contribution in [2.24, 2.45) is 0 Å². The number of hydrogen-bond donors (Lipinski definition) is 0. The Labute approximate surface area is 150 Å². The smallest absolute Gasteiger partial charge is 0.307 e. The monoisotopic (exact) mass is 347 g/mol. The van der Waals surface area contributed by atoms with Crippen molar-refractivity contribution in [3.63, 3.8) is 0 Å². The molecule has 0 aliphatic carbocycles. The van der Waals surface area contributed by atoms with Gasteiger partial charge in [-0.15, -0.1) is 0 Å². The van der Waals surface area contributed by atoms with Gasteiger partial charge in [0, 0.05) is 31.0 Å². The molecular formula is C19H29N3O3. The third kappa shape index (κ3) is 5.53. The number of carbonyl (C=O) groups excluding carboxylic acids is 2. The minimum absolute atomic E-state index is 0.0697. The maximum absolute atomic E-state index is 12.9. The van der Waals surface area contributed by atoms with Gasteiger partial charge in [-0.3, -0.25) is 19.5 Å². The average molecular weight is 347 g/mol. The van der Waals surface area contributed by atoms with Gasteiger partial charge < -0.3 is 9.64 Å². The lowest BCUT2D eigenvalue weighted by Crippen LogP contribution is -2.44. The van der Waals surface area contributed by atoms with Gasteiger partial charge in [-0.05, 0) is 51.9 Å². The van der Waals surface area contributed by atoms with Crippen molar-refractivity contribution >= 4 is 11.9 Å². The third-order valence-electron chi connectivity index (χ3n) is 4.67. The summed E-state index contributed by atoms with van der Waals surface area (Å²) in [4.78, 5) is 33.1. The van der Waals surface area contributed by atoms with E-state index in [4.69, 9.17) is 4.74 Å². The number of hydrogen-bond acceptors (Lipinski definition) is 5. The van der Waals surface area contributed by atoms with Crippen LogP contribution in [-0.2, 0) is 9.53 Å². The Bertz CT molecular complexity index is 574. The molecule has 0 N–H and O–H groups in total. The molecule has 2 heterocycles. The van der Waals surface area contributed by atoms with Crippen LogP contribution in [0.1, 0.15) is 49.2 Å². The first-order valence-electron chi connectivity index (χ1n) is 9.16. The van der Waals surface area contributed by atoms with Crippen LogP contribution in [0.25, 0.3) is 0 Å². The maximum Gasteiger partial charge on any atom is 0.307 e. The minimum atomic E-state index is -0.263. The van der Waals surface area contributed by atoms with E-state index in [9.17, 15) is 9.59 Å². The van der Waals surface area contributed by atoms with Gasteiger partial charge in [0.05, 0.1) is 18.6 Å². The lowest BCUT2D eigenvalue weighted by atomic mass is 10.1. The predicted octanol–water partition coefficient (Wildman–Crippen LogP) is 2.27. The van der Waals surface area contributed by atoms with Crippen LogP contribution in [0.4, 0.5) is 0 Å². The van der Waals surface area contributed by atoms with Crippen LogP contribution in [0.2, 0.25) is 0 Å². The van der Waals surface area contributed by atoms with Crippen LogP contribution in [-0.4, -0.2) is 65.5 Å². The van der Waals surface area contributed by atoms with Gasteiger partial charge in [0.25, 0.3) is 5.91 Å². The summed E-state index contributed by atoms with van der Waals surface area (Å²) in [5, 5.41) is 0. The molecule has 1 aromatic heterocycles. The molecule has 6 nitrogen and oxygen atoms in total. The second-order valence-electron chi connectivity index (χ2n) is 6.42. The van der Waals surface area contributed by atoms with E-state index in [1.807, 2.05) is 13.0 Å². The standard InChI is InChI=1S/C19H29N3O3/c1-4-21-11-6-7-17(21)14-22(12-10-18(23)25-5-2)19(24)16-9-8-15(3)20-13-16/h8-9,13,17H,4-7,10-12,14H2,1-3H3. The van der Waals surface area contributed by atoms with Gasteiger partial charge in [0.1, 0.15) is 0 Å². The summed E-state index contributed by atoms with van der Waals surface area (Å²) in [7, 11) is 0. The zero-order valence-corrected chi connectivity index (χ0v) is 15.5. The first kappa shape index (κ1) is 19.4. The van der Waals surface area contributed by atoms with E-state index in [0.717, 1.165) is 31.6 Å². The number of amides is 1. The summed E-state index contributed by atoms with van der Waals surface area (Å²) < 4.78 is 5.01. The molecule has 6 heteroatoms. The highest BCUT2D eigenvalue weighted by Crippen LogP contribution is 2.19. The van der Waals surface area contributed by atoms with E-state index in [0.29, 0.717) is 31.3 Å². The molecule has 1 atom stereocenters. The minimum Gasteiger partial charge on any atom is -0.466 e. The molecule has 1 fully saturated rings. The van der Waals surface area contributed by atoms with Crippen molar-refractivity contribution in [3.05, 3.63) is 29.6 Å². The van der Waals surface area contributed by atoms with E-state index < -0.39 is 0 Å². The highest BCUT2D eigenvalue weighted by Gasteiger charge is 2.28. The fraction of sp³-hybridized carbons (Fsp3) is 0.632. The van der Waals surface area contributed by atoms with Gasteiger partial charge in [0.2, 0.25) is 0 Å². The van der Waals surface area contributed by atoms with E-state index in [2.05, 4.69) is 16.8 Å². The number of rotatable bonds is 8. The molecule has 1 unspecified atom stereocenters. The summed E-state index contributed by atoms with van der Waals surface area (Å²) in [5.41, 5.74) is 1.44. The normalized spacial score (nSPS) is 17.5. The summed E-state index contributed by atoms with van der Waals surface area (Å²) in [6.07, 6.45) is 4.08. The molecule has 1 aliphatic rings. The Kier molecular flexibility index (Phi) is 7.37. The van der Waals surface area contributed by atoms with Crippen LogP contribution in [0.15, 0.2) is 18.3 Å². The third-order valence-corrected chi connectivity index (χ3v) is 4.67. The highest BCUT2D eigenvalue weighted by molar-refractivity contribution is 5.94. The second kappa shape index (κ2) is 9.51. The fourth-order valence-electron chi connectivity index (χ4n) is 3.28. The first-order valence-corrected chi connectivity index (χ1v) is 9.16. The Balaban J connectivity index is 2.08. The summed E-state index contributed by atoms with van der Waals surface area (Å²) in [6, 6.07) is 3.99. The number of likely N-dealkylation sites (N-methyl/N-ethyl adjacent to an activating group) is 1. The Morgan fingerprint density at radius 1 is 1.36 bits per heavy atom. The highest BCUT2D eigenvalue weighted by atomic mass is 16.5. The van der Waals surface area contributed by atoms with Gasteiger partial charge in [-0.2, -0.15) is 0 Å². The van der Waals surface area contributed by atoms with Crippen molar-refractivity contribution in [1.29, 1.82) is 0 Å². The molecule has 2 rings (SSSR count). The number of likely N-dealkylation sites (tertiary alicyclic amines) is 1. The molecule has 25 heavy (non-hydrogen) atoms. The average Bonchev–Trinajstić information content (AvgIpc) is 3.06. The Morgan fingerprint density at radius 3 is 2.80 bits per heavy atom. The summed E-state index contributed by atoms with van der Waals surface area (Å²) in [5.74, 6) is -0.333. The molecule has 1 aliphatic heterocycles. The molecule has 0 aromatic carbocycles. The number of pyridine rings is 1.